The molecule has 2 heterocycles. The highest BCUT2D eigenvalue weighted by atomic mass is 79.9. The average Bonchev–Trinajstić information content (AvgIpc) is 2.38. The molecule has 2 rings (SSSR count). The van der Waals surface area contributed by atoms with Crippen LogP contribution in [0.25, 0.3) is 0 Å². The third-order valence-electron chi connectivity index (χ3n) is 3.04. The maximum atomic E-state index is 12.3. The van der Waals surface area contributed by atoms with Crippen molar-refractivity contribution in [3.8, 4) is 0 Å². The van der Waals surface area contributed by atoms with E-state index >= 15 is 0 Å². The van der Waals surface area contributed by atoms with Crippen LogP contribution in [0.4, 0.5) is 0 Å². The minimum absolute atomic E-state index is 0.276. The fourth-order valence-electron chi connectivity index (χ4n) is 2.13. The van der Waals surface area contributed by atoms with Crippen molar-refractivity contribution in [1.82, 2.24) is 9.88 Å². The molecule has 1 unspecified atom stereocenters. The molecule has 1 aromatic heterocycles. The lowest BCUT2D eigenvalue weighted by molar-refractivity contribution is -0.143. The van der Waals surface area contributed by atoms with Crippen molar-refractivity contribution in [2.75, 3.05) is 6.54 Å². The lowest BCUT2D eigenvalue weighted by Gasteiger charge is -2.33. The standard InChI is InChI=1S/C12H13BrN2O3/c13-10-8(4-3-6-14-10)11(16)15-7-2-1-5-9(15)12(17)18/h3-4,6,9H,1-2,5,7H2,(H,17,18). The van der Waals surface area contributed by atoms with Crippen molar-refractivity contribution in [3.05, 3.63) is 28.5 Å². The number of pyridine rings is 1. The summed E-state index contributed by atoms with van der Waals surface area (Å²) < 4.78 is 0.449. The minimum Gasteiger partial charge on any atom is -0.480 e. The van der Waals surface area contributed by atoms with Gasteiger partial charge in [-0.2, -0.15) is 0 Å². The normalized spacial score (nSPS) is 19.6. The number of hydrogen-bond acceptors (Lipinski definition) is 3. The van der Waals surface area contributed by atoms with Crippen LogP contribution in [0.5, 0.6) is 0 Å². The van der Waals surface area contributed by atoms with Gasteiger partial charge in [0.05, 0.1) is 5.56 Å². The van der Waals surface area contributed by atoms with Gasteiger partial charge < -0.3 is 10.0 Å². The van der Waals surface area contributed by atoms with Crippen molar-refractivity contribution < 1.29 is 14.7 Å². The molecule has 1 aliphatic heterocycles. The number of likely N-dealkylation sites (tertiary alicyclic amines) is 1. The Kier molecular flexibility index (Phi) is 3.96. The molecule has 5 nitrogen and oxygen atoms in total. The molecule has 1 N–H and O–H groups in total. The third-order valence-corrected chi connectivity index (χ3v) is 3.67. The molecule has 1 aliphatic rings. The van der Waals surface area contributed by atoms with Gasteiger partial charge in [-0.3, -0.25) is 4.79 Å². The number of amides is 1. The monoisotopic (exact) mass is 312 g/mol. The highest BCUT2D eigenvalue weighted by molar-refractivity contribution is 9.10. The number of aromatic nitrogens is 1. The zero-order valence-corrected chi connectivity index (χ0v) is 11.3. The van der Waals surface area contributed by atoms with Crippen LogP contribution in [0, 0.1) is 0 Å². The number of carbonyl (C=O) groups excluding carboxylic acids is 1. The van der Waals surface area contributed by atoms with Crippen LogP contribution in [-0.2, 0) is 4.79 Å². The molecule has 0 spiro atoms. The Morgan fingerprint density at radius 3 is 2.89 bits per heavy atom. The number of carbonyl (C=O) groups is 2. The van der Waals surface area contributed by atoms with Crippen molar-refractivity contribution >= 4 is 27.8 Å². The summed E-state index contributed by atoms with van der Waals surface area (Å²) in [4.78, 5) is 28.9. The Hall–Kier alpha value is -1.43. The van der Waals surface area contributed by atoms with Crippen LogP contribution in [-0.4, -0.2) is 39.5 Å². The molecule has 1 aromatic rings. The minimum atomic E-state index is -0.942. The second-order valence-corrected chi connectivity index (χ2v) is 4.94. The van der Waals surface area contributed by atoms with Gasteiger partial charge in [0.25, 0.3) is 5.91 Å². The van der Waals surface area contributed by atoms with Crippen molar-refractivity contribution in [1.29, 1.82) is 0 Å². The smallest absolute Gasteiger partial charge is 0.326 e. The molecule has 0 aliphatic carbocycles. The zero-order valence-electron chi connectivity index (χ0n) is 9.67. The van der Waals surface area contributed by atoms with Gasteiger partial charge in [-0.1, -0.05) is 0 Å². The summed E-state index contributed by atoms with van der Waals surface area (Å²) in [7, 11) is 0. The Bertz CT molecular complexity index is 478. The fourth-order valence-corrected chi connectivity index (χ4v) is 2.55. The number of nitrogens with zero attached hydrogens (tertiary/aromatic N) is 2. The first-order valence-electron chi connectivity index (χ1n) is 5.75. The van der Waals surface area contributed by atoms with Crippen LogP contribution in [0.3, 0.4) is 0 Å². The van der Waals surface area contributed by atoms with Crippen molar-refractivity contribution in [2.24, 2.45) is 0 Å². The molecule has 0 saturated carbocycles. The van der Waals surface area contributed by atoms with Crippen molar-refractivity contribution in [2.45, 2.75) is 25.3 Å². The Balaban J connectivity index is 2.27. The maximum absolute atomic E-state index is 12.3. The molecule has 1 saturated heterocycles. The third kappa shape index (κ3) is 2.53. The van der Waals surface area contributed by atoms with Gasteiger partial charge in [-0.05, 0) is 47.3 Å². The lowest BCUT2D eigenvalue weighted by Crippen LogP contribution is -2.48. The number of piperidine rings is 1. The molecule has 0 radical (unpaired) electrons. The first-order chi connectivity index (χ1) is 8.61. The molecule has 0 aromatic carbocycles. The van der Waals surface area contributed by atoms with E-state index in [-0.39, 0.29) is 5.91 Å². The summed E-state index contributed by atoms with van der Waals surface area (Å²) >= 11 is 3.21. The summed E-state index contributed by atoms with van der Waals surface area (Å²) in [6.45, 7) is 0.483. The quantitative estimate of drug-likeness (QED) is 0.847. The van der Waals surface area contributed by atoms with Crippen LogP contribution < -0.4 is 0 Å². The van der Waals surface area contributed by atoms with E-state index in [1.165, 1.54) is 4.90 Å². The highest BCUT2D eigenvalue weighted by Crippen LogP contribution is 2.22. The van der Waals surface area contributed by atoms with Gasteiger partial charge in [0.2, 0.25) is 0 Å². The van der Waals surface area contributed by atoms with Crippen LogP contribution in [0.15, 0.2) is 22.9 Å². The summed E-state index contributed by atoms with van der Waals surface area (Å²) in [5.74, 6) is -1.22. The van der Waals surface area contributed by atoms with Gasteiger partial charge in [0, 0.05) is 12.7 Å². The molecular formula is C12H13BrN2O3. The number of halogens is 1. The predicted molar refractivity (Wildman–Crippen MR) is 68.2 cm³/mol. The summed E-state index contributed by atoms with van der Waals surface area (Å²) in [5, 5.41) is 9.15. The van der Waals surface area contributed by atoms with E-state index in [0.29, 0.717) is 23.1 Å². The van der Waals surface area contributed by atoms with E-state index in [9.17, 15) is 9.59 Å². The van der Waals surface area contributed by atoms with Gasteiger partial charge in [-0.15, -0.1) is 0 Å². The first kappa shape index (κ1) is 13.0. The molecule has 1 amide bonds. The molecular weight excluding hydrogens is 300 g/mol. The van der Waals surface area contributed by atoms with E-state index in [0.717, 1.165) is 12.8 Å². The second-order valence-electron chi connectivity index (χ2n) is 4.19. The SMILES string of the molecule is O=C(O)C1CCCCN1C(=O)c1cccnc1Br. The Morgan fingerprint density at radius 2 is 2.22 bits per heavy atom. The molecule has 0 bridgehead atoms. The lowest BCUT2D eigenvalue weighted by atomic mass is 10.0. The van der Waals surface area contributed by atoms with Gasteiger partial charge in [0.15, 0.2) is 0 Å². The Labute approximate surface area is 113 Å². The first-order valence-corrected chi connectivity index (χ1v) is 6.55. The molecule has 96 valence electrons. The Morgan fingerprint density at radius 1 is 1.44 bits per heavy atom. The fraction of sp³-hybridized carbons (Fsp3) is 0.417. The highest BCUT2D eigenvalue weighted by Gasteiger charge is 2.33. The van der Waals surface area contributed by atoms with Crippen molar-refractivity contribution in [3.63, 3.8) is 0 Å². The average molecular weight is 313 g/mol. The molecule has 1 fully saturated rings. The molecule has 18 heavy (non-hydrogen) atoms. The van der Waals surface area contributed by atoms with Gasteiger partial charge >= 0.3 is 5.97 Å². The summed E-state index contributed by atoms with van der Waals surface area (Å²) in [6, 6.07) is 2.59. The van der Waals surface area contributed by atoms with Gasteiger partial charge in [-0.25, -0.2) is 9.78 Å². The topological polar surface area (TPSA) is 70.5 Å². The second kappa shape index (κ2) is 5.48. The largest absolute Gasteiger partial charge is 0.480 e. The number of carboxylic acid groups (broad SMARTS) is 1. The van der Waals surface area contributed by atoms with Crippen LogP contribution in [0.1, 0.15) is 29.6 Å². The molecule has 1 atom stereocenters. The summed E-state index contributed by atoms with van der Waals surface area (Å²) in [5.41, 5.74) is 0.408. The molecule has 6 heteroatoms. The van der Waals surface area contributed by atoms with E-state index in [1.807, 2.05) is 0 Å². The maximum Gasteiger partial charge on any atom is 0.326 e. The number of carboxylic acids is 1. The number of aliphatic carboxylic acids is 1. The predicted octanol–water partition coefficient (Wildman–Crippen LogP) is 1.92. The summed E-state index contributed by atoms with van der Waals surface area (Å²) in [6.07, 6.45) is 3.77. The van der Waals surface area contributed by atoms with E-state index in [2.05, 4.69) is 20.9 Å². The van der Waals surface area contributed by atoms with Crippen LogP contribution >= 0.6 is 15.9 Å². The van der Waals surface area contributed by atoms with Gasteiger partial charge in [0.1, 0.15) is 10.6 Å². The van der Waals surface area contributed by atoms with E-state index < -0.39 is 12.0 Å². The van der Waals surface area contributed by atoms with Crippen LogP contribution in [0.2, 0.25) is 0 Å². The van der Waals surface area contributed by atoms with E-state index in [4.69, 9.17) is 5.11 Å². The number of rotatable bonds is 2. The van der Waals surface area contributed by atoms with E-state index in [1.54, 1.807) is 18.3 Å². The number of hydrogen-bond donors (Lipinski definition) is 1. The zero-order chi connectivity index (χ0) is 13.1.